The van der Waals surface area contributed by atoms with Gasteiger partial charge in [-0.05, 0) is 58.2 Å². The summed E-state index contributed by atoms with van der Waals surface area (Å²) in [5, 5.41) is 5.79. The second-order valence-corrected chi connectivity index (χ2v) is 8.18. The number of nitrogens with zero attached hydrogens (tertiary/aromatic N) is 1. The summed E-state index contributed by atoms with van der Waals surface area (Å²) in [5.74, 6) is -0.556. The van der Waals surface area contributed by atoms with Gasteiger partial charge in [0.15, 0.2) is 0 Å². The second-order valence-electron chi connectivity index (χ2n) is 7.77. The van der Waals surface area contributed by atoms with E-state index < -0.39 is 17.7 Å². The lowest BCUT2D eigenvalue weighted by Gasteiger charge is -2.28. The van der Waals surface area contributed by atoms with Crippen LogP contribution in [0.2, 0.25) is 5.02 Å². The summed E-state index contributed by atoms with van der Waals surface area (Å²) in [6.45, 7) is 8.37. The van der Waals surface area contributed by atoms with E-state index in [1.807, 2.05) is 6.92 Å². The monoisotopic (exact) mass is 409 g/mol. The topological polar surface area (TPSA) is 87.7 Å². The Morgan fingerprint density at radius 2 is 2.00 bits per heavy atom. The van der Waals surface area contributed by atoms with Crippen LogP contribution in [-0.2, 0) is 9.53 Å². The Hall–Kier alpha value is -2.28. The van der Waals surface area contributed by atoms with Crippen LogP contribution in [0.5, 0.6) is 0 Å². The van der Waals surface area contributed by atoms with E-state index in [9.17, 15) is 14.4 Å². The molecule has 1 fully saturated rings. The molecule has 0 aromatic heterocycles. The average molecular weight is 410 g/mol. The Morgan fingerprint density at radius 1 is 1.29 bits per heavy atom. The van der Waals surface area contributed by atoms with Crippen molar-refractivity contribution < 1.29 is 19.1 Å². The van der Waals surface area contributed by atoms with Crippen LogP contribution in [0.25, 0.3) is 0 Å². The number of rotatable bonds is 5. The van der Waals surface area contributed by atoms with Gasteiger partial charge in [-0.3, -0.25) is 14.5 Å². The molecule has 8 heteroatoms. The number of halogens is 1. The third kappa shape index (κ3) is 5.86. The summed E-state index contributed by atoms with van der Waals surface area (Å²) in [4.78, 5) is 38.5. The van der Waals surface area contributed by atoms with E-state index in [0.717, 1.165) is 12.8 Å². The third-order valence-electron chi connectivity index (χ3n) is 4.20. The van der Waals surface area contributed by atoms with Gasteiger partial charge in [0.25, 0.3) is 5.91 Å². The van der Waals surface area contributed by atoms with Crippen LogP contribution in [0.4, 0.5) is 10.5 Å². The van der Waals surface area contributed by atoms with Crippen LogP contribution in [0.1, 0.15) is 57.3 Å². The van der Waals surface area contributed by atoms with Gasteiger partial charge in [0.2, 0.25) is 5.91 Å². The summed E-state index contributed by atoms with van der Waals surface area (Å²) < 4.78 is 5.39. The molecular weight excluding hydrogens is 382 g/mol. The van der Waals surface area contributed by atoms with Gasteiger partial charge in [-0.1, -0.05) is 18.5 Å². The zero-order chi connectivity index (χ0) is 20.9. The number of carbonyl (C=O) groups is 3. The lowest BCUT2D eigenvalue weighted by Crippen LogP contribution is -2.45. The molecule has 1 saturated heterocycles. The standard InChI is InChI=1S/C20H28ClN3O4/c1-5-10-22-17(25)14-9-8-13(12-15(14)21)23-18(26)16-7-6-11-24(16)19(27)28-20(2,3)4/h8-9,12,16H,5-7,10-11H2,1-4H3,(H,22,25)(H,23,26). The summed E-state index contributed by atoms with van der Waals surface area (Å²) in [6.07, 6.45) is 1.63. The molecule has 154 valence electrons. The molecule has 1 aliphatic heterocycles. The first-order valence-corrected chi connectivity index (χ1v) is 9.88. The lowest BCUT2D eigenvalue weighted by molar-refractivity contribution is -0.120. The number of ether oxygens (including phenoxy) is 1. The normalized spacial score (nSPS) is 16.6. The van der Waals surface area contributed by atoms with Gasteiger partial charge >= 0.3 is 6.09 Å². The minimum atomic E-state index is -0.623. The molecule has 28 heavy (non-hydrogen) atoms. The highest BCUT2D eigenvalue weighted by Gasteiger charge is 2.36. The van der Waals surface area contributed by atoms with Gasteiger partial charge in [-0.15, -0.1) is 0 Å². The van der Waals surface area contributed by atoms with E-state index in [0.29, 0.717) is 30.8 Å². The first-order chi connectivity index (χ1) is 13.1. The van der Waals surface area contributed by atoms with Crippen molar-refractivity contribution in [1.82, 2.24) is 10.2 Å². The van der Waals surface area contributed by atoms with Crippen molar-refractivity contribution >= 4 is 35.2 Å². The number of hydrogen-bond acceptors (Lipinski definition) is 4. The molecule has 0 spiro atoms. The first kappa shape index (κ1) is 22.0. The third-order valence-corrected chi connectivity index (χ3v) is 4.51. The second kappa shape index (κ2) is 9.28. The number of amides is 3. The minimum Gasteiger partial charge on any atom is -0.444 e. The number of nitrogens with one attached hydrogen (secondary N) is 2. The average Bonchev–Trinajstić information content (AvgIpc) is 3.08. The molecular formula is C20H28ClN3O4. The molecule has 2 rings (SSSR count). The SMILES string of the molecule is CCCNC(=O)c1ccc(NC(=O)C2CCCN2C(=O)OC(C)(C)C)cc1Cl. The molecule has 3 amide bonds. The van der Waals surface area contributed by atoms with Gasteiger partial charge in [0, 0.05) is 18.8 Å². The van der Waals surface area contributed by atoms with Crippen LogP contribution in [0, 0.1) is 0 Å². The maximum absolute atomic E-state index is 12.7. The highest BCUT2D eigenvalue weighted by atomic mass is 35.5. The van der Waals surface area contributed by atoms with E-state index in [2.05, 4.69) is 10.6 Å². The van der Waals surface area contributed by atoms with Gasteiger partial charge in [0.05, 0.1) is 10.6 Å². The number of hydrogen-bond donors (Lipinski definition) is 2. The van der Waals surface area contributed by atoms with Gasteiger partial charge < -0.3 is 15.4 Å². The van der Waals surface area contributed by atoms with E-state index in [4.69, 9.17) is 16.3 Å². The van der Waals surface area contributed by atoms with Crippen molar-refractivity contribution in [3.8, 4) is 0 Å². The molecule has 1 unspecified atom stereocenters. The molecule has 1 aromatic carbocycles. The van der Waals surface area contributed by atoms with Crippen molar-refractivity contribution in [2.75, 3.05) is 18.4 Å². The molecule has 0 saturated carbocycles. The lowest BCUT2D eigenvalue weighted by atomic mass is 10.1. The van der Waals surface area contributed by atoms with Crippen molar-refractivity contribution in [1.29, 1.82) is 0 Å². The Labute approximate surface area is 170 Å². The largest absolute Gasteiger partial charge is 0.444 e. The molecule has 2 N–H and O–H groups in total. The molecule has 1 atom stereocenters. The molecule has 0 bridgehead atoms. The minimum absolute atomic E-state index is 0.252. The first-order valence-electron chi connectivity index (χ1n) is 9.50. The maximum atomic E-state index is 12.7. The Balaban J connectivity index is 2.04. The Bertz CT molecular complexity index is 745. The maximum Gasteiger partial charge on any atom is 0.410 e. The number of likely N-dealkylation sites (tertiary alicyclic amines) is 1. The van der Waals surface area contributed by atoms with Crippen LogP contribution in [0.15, 0.2) is 18.2 Å². The number of carbonyl (C=O) groups excluding carboxylic acids is 3. The fourth-order valence-electron chi connectivity index (χ4n) is 2.91. The van der Waals surface area contributed by atoms with Crippen molar-refractivity contribution in [2.45, 2.75) is 58.6 Å². The van der Waals surface area contributed by atoms with Crippen molar-refractivity contribution in [3.05, 3.63) is 28.8 Å². The predicted octanol–water partition coefficient (Wildman–Crippen LogP) is 3.82. The molecule has 0 radical (unpaired) electrons. The zero-order valence-electron chi connectivity index (χ0n) is 16.8. The molecule has 1 aromatic rings. The van der Waals surface area contributed by atoms with Gasteiger partial charge in [-0.25, -0.2) is 4.79 Å². The van der Waals surface area contributed by atoms with Crippen molar-refractivity contribution in [3.63, 3.8) is 0 Å². The van der Waals surface area contributed by atoms with E-state index >= 15 is 0 Å². The van der Waals surface area contributed by atoms with Crippen LogP contribution in [0.3, 0.4) is 0 Å². The fraction of sp³-hybridized carbons (Fsp3) is 0.550. The highest BCUT2D eigenvalue weighted by Crippen LogP contribution is 2.24. The zero-order valence-corrected chi connectivity index (χ0v) is 17.6. The fourth-order valence-corrected chi connectivity index (χ4v) is 3.18. The molecule has 7 nitrogen and oxygen atoms in total. The van der Waals surface area contributed by atoms with Crippen LogP contribution in [-0.4, -0.2) is 47.5 Å². The molecule has 1 heterocycles. The quantitative estimate of drug-likeness (QED) is 0.773. The summed E-state index contributed by atoms with van der Waals surface area (Å²) >= 11 is 6.20. The van der Waals surface area contributed by atoms with E-state index in [-0.39, 0.29) is 16.8 Å². The molecule has 0 aliphatic carbocycles. The number of benzene rings is 1. The highest BCUT2D eigenvalue weighted by molar-refractivity contribution is 6.34. The predicted molar refractivity (Wildman–Crippen MR) is 109 cm³/mol. The Kier molecular flexibility index (Phi) is 7.29. The van der Waals surface area contributed by atoms with E-state index in [1.54, 1.807) is 32.9 Å². The number of anilines is 1. The summed E-state index contributed by atoms with van der Waals surface area (Å²) in [7, 11) is 0. The van der Waals surface area contributed by atoms with Crippen LogP contribution >= 0.6 is 11.6 Å². The summed E-state index contributed by atoms with van der Waals surface area (Å²) in [5.41, 5.74) is 0.199. The van der Waals surface area contributed by atoms with Crippen molar-refractivity contribution in [2.24, 2.45) is 0 Å². The van der Waals surface area contributed by atoms with Gasteiger partial charge in [0.1, 0.15) is 11.6 Å². The summed E-state index contributed by atoms with van der Waals surface area (Å²) in [6, 6.07) is 4.13. The molecule has 1 aliphatic rings. The Morgan fingerprint density at radius 3 is 2.61 bits per heavy atom. The smallest absolute Gasteiger partial charge is 0.410 e. The van der Waals surface area contributed by atoms with Gasteiger partial charge in [-0.2, -0.15) is 0 Å². The van der Waals surface area contributed by atoms with Crippen LogP contribution < -0.4 is 10.6 Å². The van der Waals surface area contributed by atoms with E-state index in [1.165, 1.54) is 11.0 Å².